The predicted molar refractivity (Wildman–Crippen MR) is 110 cm³/mol. The van der Waals surface area contributed by atoms with E-state index in [1.807, 2.05) is 60.7 Å². The van der Waals surface area contributed by atoms with Crippen molar-refractivity contribution in [3.05, 3.63) is 65.7 Å². The molecule has 1 atom stereocenters. The van der Waals surface area contributed by atoms with Gasteiger partial charge in [0.15, 0.2) is 0 Å². The highest BCUT2D eigenvalue weighted by molar-refractivity contribution is 6.33. The van der Waals surface area contributed by atoms with Crippen molar-refractivity contribution in [2.45, 2.75) is 18.9 Å². The summed E-state index contributed by atoms with van der Waals surface area (Å²) in [6.45, 7) is 1.53. The molecule has 1 unspecified atom stereocenters. The number of nitrogens with one attached hydrogen (secondary N) is 2. The third-order valence-corrected chi connectivity index (χ3v) is 4.77. The van der Waals surface area contributed by atoms with Crippen LogP contribution in [-0.2, 0) is 4.74 Å². The molecular weight excluding hydrogens is 360 g/mol. The number of nitrogens with zero attached hydrogens (tertiary/aromatic N) is 2. The Hall–Kier alpha value is -2.63. The molecule has 138 valence electrons. The Labute approximate surface area is 163 Å². The van der Waals surface area contributed by atoms with Crippen LogP contribution in [0.3, 0.4) is 0 Å². The summed E-state index contributed by atoms with van der Waals surface area (Å²) in [6.07, 6.45) is 2.39. The van der Waals surface area contributed by atoms with E-state index in [-0.39, 0.29) is 6.10 Å². The van der Waals surface area contributed by atoms with Gasteiger partial charge in [0.2, 0.25) is 5.95 Å². The Morgan fingerprint density at radius 3 is 2.63 bits per heavy atom. The molecule has 0 bridgehead atoms. The van der Waals surface area contributed by atoms with Gasteiger partial charge in [-0.25, -0.2) is 4.98 Å². The molecular formula is C21H21ClN4O. The van der Waals surface area contributed by atoms with Crippen LogP contribution >= 0.6 is 11.6 Å². The van der Waals surface area contributed by atoms with E-state index in [4.69, 9.17) is 16.3 Å². The normalized spacial score (nSPS) is 16.3. The number of ether oxygens (including phenoxy) is 1. The maximum absolute atomic E-state index is 6.28. The molecule has 5 nitrogen and oxygen atoms in total. The van der Waals surface area contributed by atoms with Gasteiger partial charge < -0.3 is 15.4 Å². The van der Waals surface area contributed by atoms with Gasteiger partial charge in [0.25, 0.3) is 0 Å². The molecule has 0 spiro atoms. The summed E-state index contributed by atoms with van der Waals surface area (Å²) in [6, 6.07) is 19.6. The van der Waals surface area contributed by atoms with Gasteiger partial charge in [-0.2, -0.15) is 4.98 Å². The van der Waals surface area contributed by atoms with Crippen LogP contribution in [0, 0.1) is 0 Å². The molecule has 1 aliphatic rings. The number of rotatable bonds is 6. The first-order chi connectivity index (χ1) is 13.3. The molecule has 6 heteroatoms. The van der Waals surface area contributed by atoms with E-state index in [1.54, 1.807) is 0 Å². The minimum absolute atomic E-state index is 0.217. The summed E-state index contributed by atoms with van der Waals surface area (Å²) >= 11 is 6.28. The molecule has 1 fully saturated rings. The standard InChI is InChI=1S/C21H21ClN4O/c22-17-10-4-5-11-18(17)24-20-13-19(15-7-2-1-3-8-15)25-21(26-20)23-14-16-9-6-12-27-16/h1-5,7-8,10-11,13,16H,6,9,12,14H2,(H2,23,24,25,26). The second kappa shape index (κ2) is 8.37. The lowest BCUT2D eigenvalue weighted by atomic mass is 10.1. The molecule has 27 heavy (non-hydrogen) atoms. The molecule has 1 aliphatic heterocycles. The highest BCUT2D eigenvalue weighted by Gasteiger charge is 2.16. The average molecular weight is 381 g/mol. The van der Waals surface area contributed by atoms with Gasteiger partial charge in [0, 0.05) is 24.8 Å². The zero-order chi connectivity index (χ0) is 18.5. The molecule has 1 aromatic heterocycles. The zero-order valence-corrected chi connectivity index (χ0v) is 15.6. The number of halogens is 1. The number of anilines is 3. The van der Waals surface area contributed by atoms with Crippen molar-refractivity contribution in [3.8, 4) is 11.3 Å². The monoisotopic (exact) mass is 380 g/mol. The summed E-state index contributed by atoms with van der Waals surface area (Å²) in [5.74, 6) is 1.26. The Morgan fingerprint density at radius 1 is 1.04 bits per heavy atom. The molecule has 3 aromatic rings. The molecule has 2 aromatic carbocycles. The first-order valence-electron chi connectivity index (χ1n) is 9.09. The van der Waals surface area contributed by atoms with E-state index in [1.165, 1.54) is 0 Å². The highest BCUT2D eigenvalue weighted by atomic mass is 35.5. The third kappa shape index (κ3) is 4.56. The molecule has 2 N–H and O–H groups in total. The topological polar surface area (TPSA) is 59.1 Å². The van der Waals surface area contributed by atoms with Crippen LogP contribution in [0.1, 0.15) is 12.8 Å². The molecule has 2 heterocycles. The second-order valence-corrected chi connectivity index (χ2v) is 6.86. The van der Waals surface area contributed by atoms with Crippen molar-refractivity contribution >= 4 is 29.1 Å². The Morgan fingerprint density at radius 2 is 1.85 bits per heavy atom. The quantitative estimate of drug-likeness (QED) is 0.620. The Kier molecular flexibility index (Phi) is 5.51. The van der Waals surface area contributed by atoms with E-state index in [2.05, 4.69) is 20.6 Å². The molecule has 0 amide bonds. The van der Waals surface area contributed by atoms with E-state index < -0.39 is 0 Å². The molecule has 0 radical (unpaired) electrons. The largest absolute Gasteiger partial charge is 0.376 e. The number of para-hydroxylation sites is 1. The molecule has 4 rings (SSSR count). The summed E-state index contributed by atoms with van der Waals surface area (Å²) in [7, 11) is 0. The minimum atomic E-state index is 0.217. The third-order valence-electron chi connectivity index (χ3n) is 4.44. The van der Waals surface area contributed by atoms with Crippen molar-refractivity contribution in [1.82, 2.24) is 9.97 Å². The summed E-state index contributed by atoms with van der Waals surface area (Å²) in [5, 5.41) is 7.26. The summed E-state index contributed by atoms with van der Waals surface area (Å²) in [4.78, 5) is 9.29. The van der Waals surface area contributed by atoms with Crippen LogP contribution in [0.5, 0.6) is 0 Å². The smallest absolute Gasteiger partial charge is 0.225 e. The van der Waals surface area contributed by atoms with E-state index in [9.17, 15) is 0 Å². The zero-order valence-electron chi connectivity index (χ0n) is 14.9. The van der Waals surface area contributed by atoms with E-state index in [0.29, 0.717) is 23.3 Å². The van der Waals surface area contributed by atoms with Gasteiger partial charge in [0.05, 0.1) is 22.5 Å². The maximum Gasteiger partial charge on any atom is 0.225 e. The Bertz CT molecular complexity index is 898. The van der Waals surface area contributed by atoms with Gasteiger partial charge >= 0.3 is 0 Å². The second-order valence-electron chi connectivity index (χ2n) is 6.45. The van der Waals surface area contributed by atoms with Gasteiger partial charge in [-0.05, 0) is 25.0 Å². The fourth-order valence-corrected chi connectivity index (χ4v) is 3.24. The van der Waals surface area contributed by atoms with Gasteiger partial charge in [-0.15, -0.1) is 0 Å². The first-order valence-corrected chi connectivity index (χ1v) is 9.47. The SMILES string of the molecule is Clc1ccccc1Nc1cc(-c2ccccc2)nc(NCC2CCCO2)n1. The van der Waals surface area contributed by atoms with E-state index >= 15 is 0 Å². The average Bonchev–Trinajstić information content (AvgIpc) is 3.22. The summed E-state index contributed by atoms with van der Waals surface area (Å²) in [5.41, 5.74) is 2.68. The number of benzene rings is 2. The summed E-state index contributed by atoms with van der Waals surface area (Å²) < 4.78 is 5.68. The van der Waals surface area contributed by atoms with Crippen LogP contribution in [0.25, 0.3) is 11.3 Å². The van der Waals surface area contributed by atoms with Crippen LogP contribution in [-0.4, -0.2) is 29.2 Å². The van der Waals surface area contributed by atoms with Gasteiger partial charge in [-0.1, -0.05) is 54.1 Å². The van der Waals surface area contributed by atoms with Crippen LogP contribution in [0.2, 0.25) is 5.02 Å². The lowest BCUT2D eigenvalue weighted by Crippen LogP contribution is -2.20. The highest BCUT2D eigenvalue weighted by Crippen LogP contribution is 2.27. The van der Waals surface area contributed by atoms with Crippen molar-refractivity contribution in [2.75, 3.05) is 23.8 Å². The first kappa shape index (κ1) is 17.8. The number of aromatic nitrogens is 2. The van der Waals surface area contributed by atoms with Crippen molar-refractivity contribution in [3.63, 3.8) is 0 Å². The predicted octanol–water partition coefficient (Wildman–Crippen LogP) is 5.13. The lowest BCUT2D eigenvalue weighted by molar-refractivity contribution is 0.120. The van der Waals surface area contributed by atoms with Gasteiger partial charge in [-0.3, -0.25) is 0 Å². The number of hydrogen-bond donors (Lipinski definition) is 2. The minimum Gasteiger partial charge on any atom is -0.376 e. The van der Waals surface area contributed by atoms with Crippen molar-refractivity contribution < 1.29 is 4.74 Å². The Balaban J connectivity index is 1.62. The van der Waals surface area contributed by atoms with Crippen molar-refractivity contribution in [1.29, 1.82) is 0 Å². The van der Waals surface area contributed by atoms with Crippen LogP contribution in [0.15, 0.2) is 60.7 Å². The molecule has 0 saturated carbocycles. The fourth-order valence-electron chi connectivity index (χ4n) is 3.06. The van der Waals surface area contributed by atoms with Crippen LogP contribution < -0.4 is 10.6 Å². The number of hydrogen-bond acceptors (Lipinski definition) is 5. The van der Waals surface area contributed by atoms with Gasteiger partial charge in [0.1, 0.15) is 5.82 Å². The lowest BCUT2D eigenvalue weighted by Gasteiger charge is -2.14. The fraction of sp³-hybridized carbons (Fsp3) is 0.238. The maximum atomic E-state index is 6.28. The molecule has 1 saturated heterocycles. The van der Waals surface area contributed by atoms with Crippen molar-refractivity contribution in [2.24, 2.45) is 0 Å². The van der Waals surface area contributed by atoms with Crippen LogP contribution in [0.4, 0.5) is 17.5 Å². The molecule has 0 aliphatic carbocycles. The van der Waals surface area contributed by atoms with E-state index in [0.717, 1.165) is 36.4 Å².